The molecule has 1 aromatic carbocycles. The van der Waals surface area contributed by atoms with Gasteiger partial charge >= 0.3 is 0 Å². The summed E-state index contributed by atoms with van der Waals surface area (Å²) in [6.07, 6.45) is 1.41. The van der Waals surface area contributed by atoms with Crippen LogP contribution in [0.25, 0.3) is 0 Å². The standard InChI is InChI=1S/C15H17ClN4O2/c16-13-9-17-19-14(13)15(21)18-12-3-1-2-11(8-12)10-20-4-6-22-7-5-20/h1-3,8-9H,4-7,10H2,(H,17,19)(H,18,21). The first-order valence-electron chi connectivity index (χ1n) is 7.11. The van der Waals surface area contributed by atoms with Crippen LogP contribution in [0.2, 0.25) is 5.02 Å². The number of nitrogens with one attached hydrogen (secondary N) is 2. The summed E-state index contributed by atoms with van der Waals surface area (Å²) in [7, 11) is 0. The molecule has 6 nitrogen and oxygen atoms in total. The highest BCUT2D eigenvalue weighted by atomic mass is 35.5. The van der Waals surface area contributed by atoms with E-state index in [2.05, 4.69) is 20.4 Å². The van der Waals surface area contributed by atoms with Crippen molar-refractivity contribution >= 4 is 23.2 Å². The lowest BCUT2D eigenvalue weighted by Crippen LogP contribution is -2.35. The van der Waals surface area contributed by atoms with E-state index in [1.54, 1.807) is 0 Å². The summed E-state index contributed by atoms with van der Waals surface area (Å²) in [5.74, 6) is -0.300. The number of halogens is 1. The van der Waals surface area contributed by atoms with Gasteiger partial charge in [-0.15, -0.1) is 0 Å². The van der Waals surface area contributed by atoms with Gasteiger partial charge < -0.3 is 10.1 Å². The van der Waals surface area contributed by atoms with E-state index in [0.29, 0.717) is 5.02 Å². The highest BCUT2D eigenvalue weighted by molar-refractivity contribution is 6.34. The molecule has 7 heteroatoms. The predicted octanol–water partition coefficient (Wildman–Crippen LogP) is 2.15. The number of H-pyrrole nitrogens is 1. The first kappa shape index (κ1) is 15.0. The van der Waals surface area contributed by atoms with Gasteiger partial charge in [0.25, 0.3) is 5.91 Å². The van der Waals surface area contributed by atoms with Crippen LogP contribution < -0.4 is 5.32 Å². The number of benzene rings is 1. The Kier molecular flexibility index (Phi) is 4.72. The Balaban J connectivity index is 1.66. The van der Waals surface area contributed by atoms with Gasteiger partial charge in [-0.1, -0.05) is 23.7 Å². The van der Waals surface area contributed by atoms with E-state index < -0.39 is 0 Å². The van der Waals surface area contributed by atoms with Crippen molar-refractivity contribution in [2.75, 3.05) is 31.6 Å². The molecule has 22 heavy (non-hydrogen) atoms. The first-order chi connectivity index (χ1) is 10.7. The fourth-order valence-electron chi connectivity index (χ4n) is 2.39. The number of nitrogens with zero attached hydrogens (tertiary/aromatic N) is 2. The van der Waals surface area contributed by atoms with Crippen molar-refractivity contribution < 1.29 is 9.53 Å². The van der Waals surface area contributed by atoms with Crippen LogP contribution in [0.1, 0.15) is 16.1 Å². The average molecular weight is 321 g/mol. The molecule has 3 rings (SSSR count). The smallest absolute Gasteiger partial charge is 0.275 e. The number of hydrogen-bond donors (Lipinski definition) is 2. The van der Waals surface area contributed by atoms with Gasteiger partial charge in [0.1, 0.15) is 5.69 Å². The molecule has 2 aromatic rings. The Hall–Kier alpha value is -1.89. The van der Waals surface area contributed by atoms with Crippen LogP contribution in [0.15, 0.2) is 30.5 Å². The van der Waals surface area contributed by atoms with E-state index >= 15 is 0 Å². The fourth-order valence-corrected chi connectivity index (χ4v) is 2.57. The van der Waals surface area contributed by atoms with Crippen molar-refractivity contribution in [3.8, 4) is 0 Å². The monoisotopic (exact) mass is 320 g/mol. The van der Waals surface area contributed by atoms with Crippen molar-refractivity contribution in [3.05, 3.63) is 46.7 Å². The summed E-state index contributed by atoms with van der Waals surface area (Å²) in [5.41, 5.74) is 2.15. The van der Waals surface area contributed by atoms with Crippen molar-refractivity contribution in [1.29, 1.82) is 0 Å². The van der Waals surface area contributed by atoms with Gasteiger partial charge in [0.05, 0.1) is 24.4 Å². The molecule has 1 fully saturated rings. The molecule has 0 bridgehead atoms. The number of amides is 1. The molecule has 2 heterocycles. The van der Waals surface area contributed by atoms with Crippen LogP contribution in [0.3, 0.4) is 0 Å². The molecule has 0 aliphatic carbocycles. The molecular formula is C15H17ClN4O2. The van der Waals surface area contributed by atoms with Crippen molar-refractivity contribution in [3.63, 3.8) is 0 Å². The van der Waals surface area contributed by atoms with E-state index in [0.717, 1.165) is 44.1 Å². The Morgan fingerprint density at radius 2 is 2.23 bits per heavy atom. The maximum absolute atomic E-state index is 12.1. The summed E-state index contributed by atoms with van der Waals surface area (Å²) in [6, 6.07) is 7.80. The minimum atomic E-state index is -0.300. The second-order valence-corrected chi connectivity index (χ2v) is 5.54. The summed E-state index contributed by atoms with van der Waals surface area (Å²) in [5, 5.41) is 9.47. The van der Waals surface area contributed by atoms with Gasteiger partial charge in [0.2, 0.25) is 0 Å². The lowest BCUT2D eigenvalue weighted by atomic mass is 10.1. The summed E-state index contributed by atoms with van der Waals surface area (Å²) in [6.45, 7) is 4.25. The van der Waals surface area contributed by atoms with Gasteiger partial charge in [-0.2, -0.15) is 5.10 Å². The molecule has 1 aliphatic heterocycles. The van der Waals surface area contributed by atoms with E-state index in [9.17, 15) is 4.79 Å². The third kappa shape index (κ3) is 3.65. The average Bonchev–Trinajstić information content (AvgIpc) is 2.95. The van der Waals surface area contributed by atoms with Crippen LogP contribution in [-0.2, 0) is 11.3 Å². The molecule has 116 valence electrons. The zero-order chi connectivity index (χ0) is 15.4. The number of anilines is 1. The molecule has 0 unspecified atom stereocenters. The molecule has 0 spiro atoms. The lowest BCUT2D eigenvalue weighted by molar-refractivity contribution is 0.0342. The molecule has 1 aliphatic rings. The lowest BCUT2D eigenvalue weighted by Gasteiger charge is -2.26. The van der Waals surface area contributed by atoms with E-state index in [4.69, 9.17) is 16.3 Å². The van der Waals surface area contributed by atoms with Crippen molar-refractivity contribution in [2.45, 2.75) is 6.54 Å². The van der Waals surface area contributed by atoms with Crippen molar-refractivity contribution in [2.24, 2.45) is 0 Å². The third-order valence-electron chi connectivity index (χ3n) is 3.51. The number of ether oxygens (including phenoxy) is 1. The highest BCUT2D eigenvalue weighted by Gasteiger charge is 2.14. The minimum absolute atomic E-state index is 0.264. The quantitative estimate of drug-likeness (QED) is 0.905. The zero-order valence-corrected chi connectivity index (χ0v) is 12.8. The highest BCUT2D eigenvalue weighted by Crippen LogP contribution is 2.17. The number of aromatic amines is 1. The van der Waals surface area contributed by atoms with Crippen LogP contribution in [-0.4, -0.2) is 47.3 Å². The Morgan fingerprint density at radius 3 is 2.95 bits per heavy atom. The Bertz CT molecular complexity index is 652. The molecule has 0 saturated carbocycles. The molecule has 0 radical (unpaired) electrons. The van der Waals surface area contributed by atoms with Crippen LogP contribution in [0, 0.1) is 0 Å². The molecule has 0 atom stereocenters. The summed E-state index contributed by atoms with van der Waals surface area (Å²) >= 11 is 5.89. The second kappa shape index (κ2) is 6.91. The number of carbonyl (C=O) groups excluding carboxylic acids is 1. The second-order valence-electron chi connectivity index (χ2n) is 5.14. The van der Waals surface area contributed by atoms with E-state index in [1.807, 2.05) is 24.3 Å². The van der Waals surface area contributed by atoms with E-state index in [-0.39, 0.29) is 11.6 Å². The third-order valence-corrected chi connectivity index (χ3v) is 3.80. The number of carbonyl (C=O) groups is 1. The van der Waals surface area contributed by atoms with Gasteiger partial charge in [-0.05, 0) is 17.7 Å². The molecule has 2 N–H and O–H groups in total. The molecule has 1 saturated heterocycles. The maximum Gasteiger partial charge on any atom is 0.275 e. The topological polar surface area (TPSA) is 70.2 Å². The fraction of sp³-hybridized carbons (Fsp3) is 0.333. The van der Waals surface area contributed by atoms with Crippen LogP contribution in [0.5, 0.6) is 0 Å². The number of morpholine rings is 1. The number of rotatable bonds is 4. The Morgan fingerprint density at radius 1 is 1.41 bits per heavy atom. The maximum atomic E-state index is 12.1. The molecule has 1 aromatic heterocycles. The van der Waals surface area contributed by atoms with Crippen molar-refractivity contribution in [1.82, 2.24) is 15.1 Å². The van der Waals surface area contributed by atoms with Gasteiger partial charge in [-0.3, -0.25) is 14.8 Å². The predicted molar refractivity (Wildman–Crippen MR) is 84.1 cm³/mol. The molecular weight excluding hydrogens is 304 g/mol. The first-order valence-corrected chi connectivity index (χ1v) is 7.49. The van der Waals surface area contributed by atoms with Crippen LogP contribution in [0.4, 0.5) is 5.69 Å². The van der Waals surface area contributed by atoms with Gasteiger partial charge in [0.15, 0.2) is 0 Å². The number of hydrogen-bond acceptors (Lipinski definition) is 4. The summed E-state index contributed by atoms with van der Waals surface area (Å²) < 4.78 is 5.35. The Labute approximate surface area is 133 Å². The normalized spacial score (nSPS) is 15.7. The minimum Gasteiger partial charge on any atom is -0.379 e. The number of aromatic nitrogens is 2. The molecule has 1 amide bonds. The SMILES string of the molecule is O=C(Nc1cccc(CN2CCOCC2)c1)c1[nH]ncc1Cl. The van der Waals surface area contributed by atoms with E-state index in [1.165, 1.54) is 6.20 Å². The summed E-state index contributed by atoms with van der Waals surface area (Å²) in [4.78, 5) is 14.4. The zero-order valence-electron chi connectivity index (χ0n) is 12.0. The largest absolute Gasteiger partial charge is 0.379 e. The van der Waals surface area contributed by atoms with Gasteiger partial charge in [0, 0.05) is 25.3 Å². The van der Waals surface area contributed by atoms with Gasteiger partial charge in [-0.25, -0.2) is 0 Å². The van der Waals surface area contributed by atoms with Crippen LogP contribution >= 0.6 is 11.6 Å².